The molecule has 2 fully saturated rings. The molecule has 3 aliphatic rings. The van der Waals surface area contributed by atoms with E-state index in [0.717, 1.165) is 29.1 Å². The predicted octanol–water partition coefficient (Wildman–Crippen LogP) is 2.06. The van der Waals surface area contributed by atoms with E-state index in [1.165, 1.54) is 0 Å². The normalized spacial score (nSPS) is 25.8. The quantitative estimate of drug-likeness (QED) is 0.540. The van der Waals surface area contributed by atoms with Crippen LogP contribution in [0.5, 0.6) is 0 Å². The van der Waals surface area contributed by atoms with E-state index in [4.69, 9.17) is 0 Å². The number of nitrogens with one attached hydrogen (secondary N) is 1. The molecule has 1 saturated carbocycles. The summed E-state index contributed by atoms with van der Waals surface area (Å²) in [6.07, 6.45) is 7.47. The van der Waals surface area contributed by atoms with Gasteiger partial charge in [0, 0.05) is 66.9 Å². The maximum atomic E-state index is 13.6. The third kappa shape index (κ3) is 3.68. The van der Waals surface area contributed by atoms with E-state index in [-0.39, 0.29) is 36.1 Å². The van der Waals surface area contributed by atoms with Crippen molar-refractivity contribution >= 4 is 17.2 Å². The largest absolute Gasteiger partial charge is 0.396 e. The molecule has 0 radical (unpaired) electrons. The number of pyridine rings is 2. The molecule has 0 aromatic carbocycles. The Morgan fingerprint density at radius 1 is 1.18 bits per heavy atom. The van der Waals surface area contributed by atoms with Crippen LogP contribution in [0, 0.1) is 17.8 Å². The lowest BCUT2D eigenvalue weighted by Gasteiger charge is -2.37. The van der Waals surface area contributed by atoms with Gasteiger partial charge in [0.05, 0.1) is 18.5 Å². The number of thiazole rings is 1. The van der Waals surface area contributed by atoms with Crippen molar-refractivity contribution in [1.29, 1.82) is 0 Å². The van der Waals surface area contributed by atoms with Crippen molar-refractivity contribution in [2.45, 2.75) is 38.0 Å². The van der Waals surface area contributed by atoms with Gasteiger partial charge >= 0.3 is 0 Å². The molecule has 3 aromatic heterocycles. The van der Waals surface area contributed by atoms with E-state index in [1.54, 1.807) is 29.9 Å². The van der Waals surface area contributed by atoms with Crippen LogP contribution in [0.2, 0.25) is 0 Å². The molecule has 2 aliphatic heterocycles. The van der Waals surface area contributed by atoms with Crippen LogP contribution in [0.25, 0.3) is 11.1 Å². The maximum Gasteiger partial charge on any atom is 0.258 e. The SMILES string of the molecule is O=C(NCC1CC1)[C@H]1[C@H](CO)[C@H]2Cn3c(ccc(-c4ccncc4)c3=O)[C@@H]1N2Cc1nccs1. The van der Waals surface area contributed by atoms with Crippen LogP contribution in [0.15, 0.2) is 53.0 Å². The number of rotatable bonds is 7. The van der Waals surface area contributed by atoms with Crippen molar-refractivity contribution in [1.82, 2.24) is 24.8 Å². The third-order valence-electron chi connectivity index (χ3n) is 7.53. The zero-order valence-corrected chi connectivity index (χ0v) is 19.5. The molecule has 34 heavy (non-hydrogen) atoms. The van der Waals surface area contributed by atoms with Crippen molar-refractivity contribution < 1.29 is 9.90 Å². The Balaban J connectivity index is 1.42. The van der Waals surface area contributed by atoms with Gasteiger partial charge in [-0.25, -0.2) is 4.98 Å². The number of carbonyl (C=O) groups excluding carboxylic acids is 1. The van der Waals surface area contributed by atoms with Crippen LogP contribution in [-0.4, -0.2) is 49.6 Å². The van der Waals surface area contributed by atoms with E-state index >= 15 is 0 Å². The summed E-state index contributed by atoms with van der Waals surface area (Å²) in [6.45, 7) is 1.62. The molecule has 2 bridgehead atoms. The molecule has 176 valence electrons. The van der Waals surface area contributed by atoms with Crippen LogP contribution in [0.4, 0.5) is 0 Å². The van der Waals surface area contributed by atoms with Gasteiger partial charge < -0.3 is 15.0 Å². The second kappa shape index (κ2) is 8.72. The fourth-order valence-corrected chi connectivity index (χ4v) is 6.29. The van der Waals surface area contributed by atoms with Crippen molar-refractivity contribution in [3.05, 3.63) is 69.3 Å². The molecule has 0 unspecified atom stereocenters. The smallest absolute Gasteiger partial charge is 0.258 e. The Morgan fingerprint density at radius 3 is 2.71 bits per heavy atom. The Hall–Kier alpha value is -2.88. The topological polar surface area (TPSA) is 100 Å². The molecule has 6 rings (SSSR count). The minimum Gasteiger partial charge on any atom is -0.396 e. The van der Waals surface area contributed by atoms with Gasteiger partial charge in [-0.05, 0) is 48.6 Å². The lowest BCUT2D eigenvalue weighted by Crippen LogP contribution is -2.46. The van der Waals surface area contributed by atoms with Gasteiger partial charge in [0.1, 0.15) is 5.01 Å². The Labute approximate surface area is 201 Å². The summed E-state index contributed by atoms with van der Waals surface area (Å²) in [5, 5.41) is 16.5. The molecular weight excluding hydrogens is 450 g/mol. The molecule has 2 N–H and O–H groups in total. The highest BCUT2D eigenvalue weighted by Gasteiger charge is 2.55. The van der Waals surface area contributed by atoms with Crippen LogP contribution in [0.3, 0.4) is 0 Å². The van der Waals surface area contributed by atoms with E-state index in [9.17, 15) is 14.7 Å². The van der Waals surface area contributed by atoms with Crippen molar-refractivity contribution in [2.75, 3.05) is 13.2 Å². The van der Waals surface area contributed by atoms with Gasteiger partial charge in [0.25, 0.3) is 5.56 Å². The number of hydrogen-bond acceptors (Lipinski definition) is 7. The number of amides is 1. The van der Waals surface area contributed by atoms with Gasteiger partial charge in [-0.1, -0.05) is 0 Å². The molecule has 5 heterocycles. The van der Waals surface area contributed by atoms with Gasteiger partial charge in [-0.3, -0.25) is 19.5 Å². The summed E-state index contributed by atoms with van der Waals surface area (Å²) in [6, 6.07) is 7.08. The minimum atomic E-state index is -0.423. The first-order chi connectivity index (χ1) is 16.7. The molecule has 1 aliphatic carbocycles. The maximum absolute atomic E-state index is 13.6. The lowest BCUT2D eigenvalue weighted by atomic mass is 9.86. The number of carbonyl (C=O) groups is 1. The molecule has 8 nitrogen and oxygen atoms in total. The third-order valence-corrected chi connectivity index (χ3v) is 8.29. The number of hydrogen-bond donors (Lipinski definition) is 2. The van der Waals surface area contributed by atoms with Crippen molar-refractivity contribution in [2.24, 2.45) is 17.8 Å². The number of aliphatic hydroxyl groups excluding tert-OH is 1. The summed E-state index contributed by atoms with van der Waals surface area (Å²) >= 11 is 1.58. The van der Waals surface area contributed by atoms with Crippen LogP contribution in [0.1, 0.15) is 29.6 Å². The first kappa shape index (κ1) is 21.6. The molecule has 0 spiro atoms. The van der Waals surface area contributed by atoms with E-state index in [2.05, 4.69) is 20.2 Å². The fraction of sp³-hybridized carbons (Fsp3) is 0.440. The standard InChI is InChI=1S/C25H27N5O3S/c31-14-18-20-12-30-19(4-3-17(25(30)33)16-5-7-26-8-6-16)23(29(20)13-21-27-9-10-34-21)22(18)24(32)28-11-15-1-2-15/h3-10,15,18,20,22-23,31H,1-2,11-14H2,(H,28,32)/t18-,20-,22+,23+/m1/s1. The van der Waals surface area contributed by atoms with Crippen LogP contribution >= 0.6 is 11.3 Å². The molecule has 1 amide bonds. The zero-order chi connectivity index (χ0) is 23.2. The minimum absolute atomic E-state index is 0.0262. The van der Waals surface area contributed by atoms with Crippen molar-refractivity contribution in [3.63, 3.8) is 0 Å². The predicted molar refractivity (Wildman–Crippen MR) is 128 cm³/mol. The van der Waals surface area contributed by atoms with E-state index < -0.39 is 5.92 Å². The highest BCUT2D eigenvalue weighted by Crippen LogP contribution is 2.49. The van der Waals surface area contributed by atoms with Gasteiger partial charge in [-0.2, -0.15) is 0 Å². The number of aliphatic hydroxyl groups is 1. The summed E-state index contributed by atoms with van der Waals surface area (Å²) in [4.78, 5) is 37.9. The highest BCUT2D eigenvalue weighted by atomic mass is 32.1. The summed E-state index contributed by atoms with van der Waals surface area (Å²) < 4.78 is 1.82. The van der Waals surface area contributed by atoms with E-state index in [0.29, 0.717) is 31.1 Å². The summed E-state index contributed by atoms with van der Waals surface area (Å²) in [7, 11) is 0. The highest BCUT2D eigenvalue weighted by molar-refractivity contribution is 7.09. The lowest BCUT2D eigenvalue weighted by molar-refractivity contribution is -0.127. The van der Waals surface area contributed by atoms with Gasteiger partial charge in [-0.15, -0.1) is 11.3 Å². The van der Waals surface area contributed by atoms with Crippen LogP contribution < -0.4 is 10.9 Å². The summed E-state index contributed by atoms with van der Waals surface area (Å²) in [5.41, 5.74) is 2.21. The van der Waals surface area contributed by atoms with Crippen LogP contribution in [-0.2, 0) is 17.9 Å². The number of nitrogens with zero attached hydrogens (tertiary/aromatic N) is 4. The van der Waals surface area contributed by atoms with Gasteiger partial charge in [0.15, 0.2) is 0 Å². The Kier molecular flexibility index (Phi) is 5.55. The Bertz CT molecular complexity index is 1240. The molecule has 9 heteroatoms. The monoisotopic (exact) mass is 477 g/mol. The summed E-state index contributed by atoms with van der Waals surface area (Å²) in [5.74, 6) is -0.135. The molecule has 3 aromatic rings. The van der Waals surface area contributed by atoms with Gasteiger partial charge in [0.2, 0.25) is 5.91 Å². The molecular formula is C25H27N5O3S. The molecule has 1 saturated heterocycles. The average Bonchev–Trinajstić information content (AvgIpc) is 3.50. The molecule has 4 atom stereocenters. The number of fused-ring (bicyclic) bond motifs is 4. The van der Waals surface area contributed by atoms with E-state index in [1.807, 2.05) is 34.2 Å². The average molecular weight is 478 g/mol. The second-order valence-corrected chi connectivity index (χ2v) is 10.5. The second-order valence-electron chi connectivity index (χ2n) is 9.49. The first-order valence-corrected chi connectivity index (χ1v) is 12.7. The van der Waals surface area contributed by atoms with Crippen molar-refractivity contribution in [3.8, 4) is 11.1 Å². The number of aromatic nitrogens is 3. The fourth-order valence-electron chi connectivity index (χ4n) is 5.66. The Morgan fingerprint density at radius 2 is 2.00 bits per heavy atom. The first-order valence-electron chi connectivity index (χ1n) is 11.8. The zero-order valence-electron chi connectivity index (χ0n) is 18.7.